The van der Waals surface area contributed by atoms with Gasteiger partial charge < -0.3 is 9.15 Å². The molecular weight excluding hydrogens is 290 g/mol. The fourth-order valence-corrected chi connectivity index (χ4v) is 2.65. The van der Waals surface area contributed by atoms with E-state index in [9.17, 15) is 0 Å². The van der Waals surface area contributed by atoms with Crippen LogP contribution < -0.4 is 0 Å². The topological polar surface area (TPSA) is 43.4 Å². The summed E-state index contributed by atoms with van der Waals surface area (Å²) in [5.74, 6) is 0.878. The molecule has 0 fully saturated rings. The maximum absolute atomic E-state index is 5.33. The van der Waals surface area contributed by atoms with Crippen molar-refractivity contribution in [1.29, 1.82) is 0 Å². The van der Waals surface area contributed by atoms with Crippen molar-refractivity contribution in [3.63, 3.8) is 0 Å². The van der Waals surface area contributed by atoms with Gasteiger partial charge in [0.1, 0.15) is 5.76 Å². The number of hydrogen-bond donors (Lipinski definition) is 0. The van der Waals surface area contributed by atoms with Crippen LogP contribution in [0.25, 0.3) is 6.08 Å². The van der Waals surface area contributed by atoms with Gasteiger partial charge in [0.25, 0.3) is 0 Å². The molecule has 5 heteroatoms. The monoisotopic (exact) mass is 317 g/mol. The summed E-state index contributed by atoms with van der Waals surface area (Å²) in [6.45, 7) is 10.6. The Kier molecular flexibility index (Phi) is 6.62. The lowest BCUT2D eigenvalue weighted by molar-refractivity contribution is 0.151. The van der Waals surface area contributed by atoms with Crippen molar-refractivity contribution in [1.82, 2.24) is 14.7 Å². The van der Waals surface area contributed by atoms with Crippen molar-refractivity contribution >= 4 is 6.08 Å². The van der Waals surface area contributed by atoms with Crippen LogP contribution in [0.15, 0.2) is 28.9 Å². The Morgan fingerprint density at radius 1 is 1.39 bits per heavy atom. The minimum absolute atomic E-state index is 0.717. The molecule has 0 amide bonds. The summed E-state index contributed by atoms with van der Waals surface area (Å²) in [6, 6.07) is 3.85. The molecule has 0 unspecified atom stereocenters. The summed E-state index contributed by atoms with van der Waals surface area (Å²) in [4.78, 5) is 2.36. The van der Waals surface area contributed by atoms with Crippen LogP contribution in [0.2, 0.25) is 0 Å². The maximum atomic E-state index is 5.33. The molecule has 0 saturated heterocycles. The molecule has 0 spiro atoms. The standard InChI is InChI=1S/C18H27N3O2/c1-5-21-16(3)18(15(2)19-21)14-20(11-13-22-4)10-6-8-17-9-7-12-23-17/h6-9,12H,5,10-11,13-14H2,1-4H3. The highest BCUT2D eigenvalue weighted by atomic mass is 16.5. The van der Waals surface area contributed by atoms with E-state index in [0.717, 1.165) is 37.6 Å². The quantitative estimate of drug-likeness (QED) is 0.712. The van der Waals surface area contributed by atoms with Gasteiger partial charge in [-0.15, -0.1) is 0 Å². The molecular formula is C18H27N3O2. The molecule has 2 aromatic heterocycles. The van der Waals surface area contributed by atoms with Crippen LogP contribution in [-0.4, -0.2) is 41.5 Å². The molecule has 0 aliphatic heterocycles. The maximum Gasteiger partial charge on any atom is 0.126 e. The van der Waals surface area contributed by atoms with Crippen molar-refractivity contribution in [2.24, 2.45) is 0 Å². The third kappa shape index (κ3) is 4.81. The molecule has 0 bridgehead atoms. The average molecular weight is 317 g/mol. The predicted octanol–water partition coefficient (Wildman–Crippen LogP) is 3.27. The molecule has 2 heterocycles. The van der Waals surface area contributed by atoms with E-state index in [0.29, 0.717) is 6.61 Å². The van der Waals surface area contributed by atoms with E-state index in [4.69, 9.17) is 9.15 Å². The van der Waals surface area contributed by atoms with Gasteiger partial charge in [-0.25, -0.2) is 0 Å². The highest BCUT2D eigenvalue weighted by Gasteiger charge is 2.14. The van der Waals surface area contributed by atoms with Crippen LogP contribution in [0.3, 0.4) is 0 Å². The van der Waals surface area contributed by atoms with Gasteiger partial charge in [0, 0.05) is 44.5 Å². The molecule has 0 aromatic carbocycles. The van der Waals surface area contributed by atoms with E-state index in [1.807, 2.05) is 18.2 Å². The molecule has 0 aliphatic carbocycles. The molecule has 0 saturated carbocycles. The van der Waals surface area contributed by atoms with Crippen LogP contribution >= 0.6 is 0 Å². The first kappa shape index (κ1) is 17.5. The third-order valence-electron chi connectivity index (χ3n) is 4.01. The van der Waals surface area contributed by atoms with Gasteiger partial charge >= 0.3 is 0 Å². The molecule has 0 aliphatic rings. The number of ether oxygens (including phenoxy) is 1. The summed E-state index contributed by atoms with van der Waals surface area (Å²) >= 11 is 0. The molecule has 0 radical (unpaired) electrons. The lowest BCUT2D eigenvalue weighted by atomic mass is 10.2. The smallest absolute Gasteiger partial charge is 0.126 e. The molecule has 2 rings (SSSR count). The summed E-state index contributed by atoms with van der Waals surface area (Å²) in [5, 5.41) is 4.61. The molecule has 126 valence electrons. The van der Waals surface area contributed by atoms with Gasteiger partial charge in [0.05, 0.1) is 18.6 Å². The van der Waals surface area contributed by atoms with Crippen molar-refractivity contribution in [2.75, 3.05) is 26.8 Å². The molecule has 0 N–H and O–H groups in total. The van der Waals surface area contributed by atoms with Gasteiger partial charge in [-0.1, -0.05) is 6.08 Å². The normalized spacial score (nSPS) is 11.9. The van der Waals surface area contributed by atoms with E-state index in [-0.39, 0.29) is 0 Å². The summed E-state index contributed by atoms with van der Waals surface area (Å²) < 4.78 is 12.6. The first-order valence-corrected chi connectivity index (χ1v) is 8.10. The minimum Gasteiger partial charge on any atom is -0.465 e. The second-order valence-electron chi connectivity index (χ2n) is 5.61. The van der Waals surface area contributed by atoms with Crippen LogP contribution in [0, 0.1) is 13.8 Å². The van der Waals surface area contributed by atoms with Gasteiger partial charge in [0.15, 0.2) is 0 Å². The Bertz CT molecular complexity index is 615. The molecule has 0 atom stereocenters. The number of hydrogen-bond acceptors (Lipinski definition) is 4. The molecule has 5 nitrogen and oxygen atoms in total. The Balaban J connectivity index is 2.04. The van der Waals surface area contributed by atoms with Gasteiger partial charge in [-0.3, -0.25) is 9.58 Å². The largest absolute Gasteiger partial charge is 0.465 e. The van der Waals surface area contributed by atoms with Gasteiger partial charge in [-0.05, 0) is 39.0 Å². The predicted molar refractivity (Wildman–Crippen MR) is 92.3 cm³/mol. The number of rotatable bonds is 9. The Hall–Kier alpha value is -1.85. The lowest BCUT2D eigenvalue weighted by Gasteiger charge is -2.20. The van der Waals surface area contributed by atoms with Crippen molar-refractivity contribution < 1.29 is 9.15 Å². The summed E-state index contributed by atoms with van der Waals surface area (Å²) in [7, 11) is 1.74. The second-order valence-corrected chi connectivity index (χ2v) is 5.61. The van der Waals surface area contributed by atoms with Crippen molar-refractivity contribution in [3.8, 4) is 0 Å². The molecule has 23 heavy (non-hydrogen) atoms. The van der Waals surface area contributed by atoms with E-state index in [1.165, 1.54) is 11.3 Å². The van der Waals surface area contributed by atoms with Gasteiger partial charge in [0.2, 0.25) is 0 Å². The number of aromatic nitrogens is 2. The number of furan rings is 1. The number of aryl methyl sites for hydroxylation is 2. The SMILES string of the molecule is CCn1nc(C)c(CN(CC=Cc2ccco2)CCOC)c1C. The fourth-order valence-electron chi connectivity index (χ4n) is 2.65. The highest BCUT2D eigenvalue weighted by molar-refractivity contribution is 5.42. The number of methoxy groups -OCH3 is 1. The Morgan fingerprint density at radius 2 is 2.22 bits per heavy atom. The molecule has 2 aromatic rings. The highest BCUT2D eigenvalue weighted by Crippen LogP contribution is 2.16. The van der Waals surface area contributed by atoms with E-state index in [2.05, 4.69) is 41.5 Å². The van der Waals surface area contributed by atoms with Crippen LogP contribution in [0.5, 0.6) is 0 Å². The zero-order valence-electron chi connectivity index (χ0n) is 14.6. The van der Waals surface area contributed by atoms with E-state index in [1.54, 1.807) is 13.4 Å². The zero-order chi connectivity index (χ0) is 16.7. The van der Waals surface area contributed by atoms with Crippen molar-refractivity contribution in [3.05, 3.63) is 47.2 Å². The fraction of sp³-hybridized carbons (Fsp3) is 0.500. The second kappa shape index (κ2) is 8.70. The number of nitrogens with zero attached hydrogens (tertiary/aromatic N) is 3. The van der Waals surface area contributed by atoms with E-state index >= 15 is 0 Å². The summed E-state index contributed by atoms with van der Waals surface area (Å²) in [5.41, 5.74) is 3.68. The van der Waals surface area contributed by atoms with Crippen LogP contribution in [0.4, 0.5) is 0 Å². The van der Waals surface area contributed by atoms with E-state index < -0.39 is 0 Å². The zero-order valence-corrected chi connectivity index (χ0v) is 14.6. The van der Waals surface area contributed by atoms with Crippen LogP contribution in [-0.2, 0) is 17.8 Å². The Labute approximate surface area is 138 Å². The first-order valence-electron chi connectivity index (χ1n) is 8.10. The minimum atomic E-state index is 0.717. The van der Waals surface area contributed by atoms with Gasteiger partial charge in [-0.2, -0.15) is 5.10 Å². The first-order chi connectivity index (χ1) is 11.2. The van der Waals surface area contributed by atoms with Crippen LogP contribution in [0.1, 0.15) is 29.6 Å². The Morgan fingerprint density at radius 3 is 2.83 bits per heavy atom. The average Bonchev–Trinajstić information content (AvgIpc) is 3.15. The third-order valence-corrected chi connectivity index (χ3v) is 4.01. The lowest BCUT2D eigenvalue weighted by Crippen LogP contribution is -2.27. The summed E-state index contributed by atoms with van der Waals surface area (Å²) in [6.07, 6.45) is 5.83. The van der Waals surface area contributed by atoms with Crippen molar-refractivity contribution in [2.45, 2.75) is 33.9 Å².